The lowest BCUT2D eigenvalue weighted by Gasteiger charge is -2.41. The van der Waals surface area contributed by atoms with Gasteiger partial charge in [0, 0.05) is 0 Å². The molecule has 1 aliphatic heterocycles. The van der Waals surface area contributed by atoms with Gasteiger partial charge in [-0.05, 0) is 38.5 Å². The lowest BCUT2D eigenvalue weighted by atomic mass is 10.1. The standard InChI is InChI=1S/C13H28N.C4F10NO4S2/c1-3-5-7-11-14(10-4-2)12-8-6-9-13-14;5-1(6,7)3(11,12)20(16,17)15-21(18,19)4(13,14)2(8,9)10/h3-13H2,1-2H3;/q+1;-1. The molecule has 6 nitrogen and oxygen atoms in total. The summed E-state index contributed by atoms with van der Waals surface area (Å²) in [5.41, 5.74) is 0. The fourth-order valence-corrected chi connectivity index (χ4v) is 5.80. The monoisotopic (exact) mass is 578 g/mol. The van der Waals surface area contributed by atoms with E-state index in [1.165, 1.54) is 75.6 Å². The zero-order chi connectivity index (χ0) is 28.0. The van der Waals surface area contributed by atoms with Gasteiger partial charge in [-0.15, -0.1) is 0 Å². The van der Waals surface area contributed by atoms with Gasteiger partial charge in [0.15, 0.2) is 20.0 Å². The summed E-state index contributed by atoms with van der Waals surface area (Å²) >= 11 is 0. The molecule has 1 heterocycles. The molecule has 0 amide bonds. The first kappa shape index (κ1) is 34.1. The van der Waals surface area contributed by atoms with Crippen LogP contribution in [0.15, 0.2) is 0 Å². The molecule has 35 heavy (non-hydrogen) atoms. The highest BCUT2D eigenvalue weighted by atomic mass is 32.3. The summed E-state index contributed by atoms with van der Waals surface area (Å²) < 4.78 is 163. The average Bonchev–Trinajstić information content (AvgIpc) is 2.67. The Hall–Kier alpha value is -0.880. The van der Waals surface area contributed by atoms with Crippen LogP contribution in [0.5, 0.6) is 0 Å². The van der Waals surface area contributed by atoms with Gasteiger partial charge in [-0.3, -0.25) is 0 Å². The summed E-state index contributed by atoms with van der Waals surface area (Å²) in [7, 11) is -15.2. The number of piperidine rings is 1. The first-order valence-corrected chi connectivity index (χ1v) is 13.4. The van der Waals surface area contributed by atoms with Crippen molar-refractivity contribution in [3.63, 3.8) is 0 Å². The normalized spacial score (nSPS) is 18.1. The number of nitrogens with zero attached hydrogens (tertiary/aromatic N) is 2. The number of hydrogen-bond acceptors (Lipinski definition) is 4. The predicted octanol–water partition coefficient (Wildman–Crippen LogP) is 5.92. The Kier molecular flexibility index (Phi) is 11.8. The smallest absolute Gasteiger partial charge is 0.425 e. The van der Waals surface area contributed by atoms with Crippen molar-refractivity contribution in [3.8, 4) is 0 Å². The SMILES string of the molecule is CCCCC[N+]1(CCC)CCCCC1.O=S(=O)([N-]S(=O)(=O)C(F)(F)C(F)(F)F)C(F)(F)C(F)(F)F. The molecule has 0 atom stereocenters. The van der Waals surface area contributed by atoms with Gasteiger partial charge in [0.2, 0.25) is 0 Å². The number of quaternary nitrogens is 1. The minimum atomic E-state index is -7.62. The van der Waals surface area contributed by atoms with E-state index < -0.39 is 42.9 Å². The van der Waals surface area contributed by atoms with E-state index in [2.05, 4.69) is 13.8 Å². The van der Waals surface area contributed by atoms with Crippen LogP contribution in [-0.4, -0.2) is 70.4 Å². The molecule has 1 aliphatic rings. The number of halogens is 10. The molecule has 0 aromatic carbocycles. The Morgan fingerprint density at radius 2 is 1.03 bits per heavy atom. The van der Waals surface area contributed by atoms with Crippen molar-refractivity contribution < 1.29 is 65.2 Å². The fourth-order valence-electron chi connectivity index (χ4n) is 3.43. The summed E-state index contributed by atoms with van der Waals surface area (Å²) in [5, 5.41) is -14.0. The van der Waals surface area contributed by atoms with Gasteiger partial charge >= 0.3 is 22.9 Å². The summed E-state index contributed by atoms with van der Waals surface area (Å²) in [6, 6.07) is 0. The van der Waals surface area contributed by atoms with Gasteiger partial charge in [-0.25, -0.2) is 16.8 Å². The van der Waals surface area contributed by atoms with E-state index in [0.29, 0.717) is 4.13 Å². The van der Waals surface area contributed by atoms with Gasteiger partial charge in [0.25, 0.3) is 0 Å². The van der Waals surface area contributed by atoms with E-state index in [-0.39, 0.29) is 0 Å². The van der Waals surface area contributed by atoms with Crippen LogP contribution in [0.4, 0.5) is 43.9 Å². The maximum Gasteiger partial charge on any atom is 0.467 e. The molecule has 0 N–H and O–H groups in total. The molecule has 18 heteroatoms. The summed E-state index contributed by atoms with van der Waals surface area (Å²) in [4.78, 5) is 0. The molecule has 0 bridgehead atoms. The molecule has 0 aromatic heterocycles. The number of rotatable bonds is 10. The second-order valence-electron chi connectivity index (χ2n) is 8.06. The van der Waals surface area contributed by atoms with E-state index in [1.807, 2.05) is 0 Å². The molecular formula is C17H28F10N2O4S2. The van der Waals surface area contributed by atoms with Crippen molar-refractivity contribution >= 4 is 20.0 Å². The zero-order valence-electron chi connectivity index (χ0n) is 18.9. The van der Waals surface area contributed by atoms with Crippen LogP contribution in [0, 0.1) is 0 Å². The molecule has 0 aromatic rings. The molecule has 1 fully saturated rings. The Bertz CT molecular complexity index is 807. The predicted molar refractivity (Wildman–Crippen MR) is 107 cm³/mol. The maximum atomic E-state index is 12.3. The molecule has 0 radical (unpaired) electrons. The number of likely N-dealkylation sites (tertiary alicyclic amines) is 1. The highest BCUT2D eigenvalue weighted by Gasteiger charge is 2.68. The average molecular weight is 579 g/mol. The maximum absolute atomic E-state index is 12.3. The summed E-state index contributed by atoms with van der Waals surface area (Å²) in [6.07, 6.45) is -3.94. The highest BCUT2D eigenvalue weighted by molar-refractivity contribution is 8.13. The summed E-state index contributed by atoms with van der Waals surface area (Å²) in [5.74, 6) is 0. The van der Waals surface area contributed by atoms with Crippen LogP contribution in [0.3, 0.4) is 0 Å². The first-order chi connectivity index (χ1) is 15.5. The van der Waals surface area contributed by atoms with E-state index in [0.717, 1.165) is 0 Å². The third-order valence-corrected chi connectivity index (χ3v) is 8.53. The van der Waals surface area contributed by atoms with Crippen LogP contribution in [0.2, 0.25) is 0 Å². The highest BCUT2D eigenvalue weighted by Crippen LogP contribution is 2.47. The molecule has 1 rings (SSSR count). The van der Waals surface area contributed by atoms with Gasteiger partial charge in [0.1, 0.15) is 0 Å². The van der Waals surface area contributed by atoms with Crippen molar-refractivity contribution in [2.24, 2.45) is 0 Å². The van der Waals surface area contributed by atoms with Crippen LogP contribution < -0.4 is 0 Å². The topological polar surface area (TPSA) is 82.4 Å². The molecule has 0 saturated carbocycles. The lowest BCUT2D eigenvalue weighted by Crippen LogP contribution is -2.52. The van der Waals surface area contributed by atoms with Gasteiger partial charge in [-0.1, -0.05) is 20.3 Å². The Morgan fingerprint density at radius 3 is 1.34 bits per heavy atom. The Labute approximate surface area is 197 Å². The van der Waals surface area contributed by atoms with Gasteiger partial charge < -0.3 is 8.61 Å². The summed E-state index contributed by atoms with van der Waals surface area (Å²) in [6.45, 7) is 10.5. The molecule has 0 unspecified atom stereocenters. The van der Waals surface area contributed by atoms with Crippen molar-refractivity contribution in [2.45, 2.75) is 81.7 Å². The second kappa shape index (κ2) is 12.1. The van der Waals surface area contributed by atoms with Crippen molar-refractivity contribution in [2.75, 3.05) is 26.2 Å². The van der Waals surface area contributed by atoms with E-state index in [4.69, 9.17) is 0 Å². The number of alkyl halides is 10. The second-order valence-corrected chi connectivity index (χ2v) is 11.6. The van der Waals surface area contributed by atoms with E-state index in [1.54, 1.807) is 0 Å². The lowest BCUT2D eigenvalue weighted by molar-refractivity contribution is -0.932. The van der Waals surface area contributed by atoms with Gasteiger partial charge in [-0.2, -0.15) is 43.9 Å². The van der Waals surface area contributed by atoms with E-state index >= 15 is 0 Å². The van der Waals surface area contributed by atoms with Crippen LogP contribution >= 0.6 is 0 Å². The fraction of sp³-hybridized carbons (Fsp3) is 1.00. The van der Waals surface area contributed by atoms with Gasteiger partial charge in [0.05, 0.1) is 26.2 Å². The number of hydrogen-bond donors (Lipinski definition) is 0. The molecule has 0 spiro atoms. The quantitative estimate of drug-likeness (QED) is 0.183. The van der Waals surface area contributed by atoms with Crippen LogP contribution in [-0.2, 0) is 20.0 Å². The first-order valence-electron chi connectivity index (χ1n) is 10.5. The van der Waals surface area contributed by atoms with Crippen molar-refractivity contribution in [3.05, 3.63) is 4.13 Å². The van der Waals surface area contributed by atoms with Crippen LogP contribution in [0.1, 0.15) is 58.8 Å². The minimum absolute atomic E-state index is 0.422. The number of sulfonamides is 2. The third-order valence-electron chi connectivity index (χ3n) is 5.20. The largest absolute Gasteiger partial charge is 0.467 e. The zero-order valence-corrected chi connectivity index (χ0v) is 20.5. The molecule has 1 saturated heterocycles. The minimum Gasteiger partial charge on any atom is -0.425 e. The van der Waals surface area contributed by atoms with Crippen molar-refractivity contribution in [1.82, 2.24) is 0 Å². The van der Waals surface area contributed by atoms with Crippen molar-refractivity contribution in [1.29, 1.82) is 0 Å². The molecule has 0 aliphatic carbocycles. The Morgan fingerprint density at radius 1 is 0.629 bits per heavy atom. The molecule has 212 valence electrons. The molecular weight excluding hydrogens is 550 g/mol. The van der Waals surface area contributed by atoms with Crippen LogP contribution in [0.25, 0.3) is 4.13 Å². The Balaban J connectivity index is 0.000000712. The van der Waals surface area contributed by atoms with E-state index in [9.17, 15) is 60.7 Å². The number of unbranched alkanes of at least 4 members (excludes halogenated alkanes) is 2. The third kappa shape index (κ3) is 8.59.